The van der Waals surface area contributed by atoms with Crippen molar-refractivity contribution in [1.29, 1.82) is 0 Å². The molecule has 0 N–H and O–H groups in total. The minimum Gasteiger partial charge on any atom is -0.494 e. The topological polar surface area (TPSA) is 35.0 Å². The average Bonchev–Trinajstić information content (AvgIpc) is 2.33. The third-order valence-corrected chi connectivity index (χ3v) is 2.11. The summed E-state index contributed by atoms with van der Waals surface area (Å²) in [5, 5.41) is 0. The smallest absolute Gasteiger partial charge is 0.151 e. The highest BCUT2D eigenvalue weighted by Crippen LogP contribution is 2.19. The molecule has 0 aliphatic rings. The van der Waals surface area contributed by atoms with Gasteiger partial charge < -0.3 is 4.74 Å². The zero-order chi connectivity index (χ0) is 10.9. The summed E-state index contributed by atoms with van der Waals surface area (Å²) in [6, 6.07) is 9.38. The maximum Gasteiger partial charge on any atom is 0.151 e. The van der Waals surface area contributed by atoms with Crippen LogP contribution < -0.4 is 4.74 Å². The Morgan fingerprint density at radius 3 is 2.13 bits per heavy atom. The lowest BCUT2D eigenvalue weighted by Crippen LogP contribution is -1.84. The van der Waals surface area contributed by atoms with Gasteiger partial charge in [-0.05, 0) is 40.2 Å². The van der Waals surface area contributed by atoms with Crippen LogP contribution in [0.2, 0.25) is 0 Å². The summed E-state index contributed by atoms with van der Waals surface area (Å²) >= 11 is 3.22. The molecule has 0 unspecified atom stereocenters. The zero-order valence-electron chi connectivity index (χ0n) is 8.30. The Hall–Kier alpha value is -1.42. The standard InChI is InChI=1S/C6H6BrNO.C5H5N/c1-9-5-3-2-4-8-6(5)7;1-2-4-6-5-3-1/h2-4H,1H3;1-5H. The molecule has 0 fully saturated rings. The van der Waals surface area contributed by atoms with E-state index in [4.69, 9.17) is 4.74 Å². The van der Waals surface area contributed by atoms with Crippen LogP contribution in [0.3, 0.4) is 0 Å². The van der Waals surface area contributed by atoms with Gasteiger partial charge in [-0.25, -0.2) is 4.98 Å². The molecule has 0 amide bonds. The van der Waals surface area contributed by atoms with Crippen molar-refractivity contribution in [2.75, 3.05) is 7.11 Å². The molecule has 2 aromatic rings. The summed E-state index contributed by atoms with van der Waals surface area (Å²) in [6.45, 7) is 0. The monoisotopic (exact) mass is 266 g/mol. The van der Waals surface area contributed by atoms with E-state index in [0.717, 1.165) is 10.4 Å². The molecule has 3 nitrogen and oxygen atoms in total. The van der Waals surface area contributed by atoms with Crippen molar-refractivity contribution in [3.05, 3.63) is 53.5 Å². The molecule has 2 aromatic heterocycles. The van der Waals surface area contributed by atoms with Gasteiger partial charge in [0.2, 0.25) is 0 Å². The Balaban J connectivity index is 0.000000162. The quantitative estimate of drug-likeness (QED) is 0.745. The first-order chi connectivity index (χ1) is 7.34. The van der Waals surface area contributed by atoms with Gasteiger partial charge >= 0.3 is 0 Å². The fourth-order valence-corrected chi connectivity index (χ4v) is 1.25. The number of halogens is 1. The molecule has 0 atom stereocenters. The molecule has 0 radical (unpaired) electrons. The Morgan fingerprint density at radius 2 is 1.80 bits per heavy atom. The number of hydrogen-bond acceptors (Lipinski definition) is 3. The van der Waals surface area contributed by atoms with Crippen LogP contribution in [0.5, 0.6) is 5.75 Å². The van der Waals surface area contributed by atoms with Crippen LogP contribution in [-0.2, 0) is 0 Å². The summed E-state index contributed by atoms with van der Waals surface area (Å²) in [5.41, 5.74) is 0. The van der Waals surface area contributed by atoms with E-state index in [0.29, 0.717) is 0 Å². The molecule has 78 valence electrons. The fraction of sp³-hybridized carbons (Fsp3) is 0.0909. The molecule has 0 bridgehead atoms. The molecular weight excluding hydrogens is 256 g/mol. The number of hydrogen-bond donors (Lipinski definition) is 0. The fourth-order valence-electron chi connectivity index (χ4n) is 0.836. The molecule has 0 spiro atoms. The molecule has 0 aromatic carbocycles. The number of aromatic nitrogens is 2. The van der Waals surface area contributed by atoms with Crippen molar-refractivity contribution >= 4 is 15.9 Å². The van der Waals surface area contributed by atoms with Crippen LogP contribution in [0.1, 0.15) is 0 Å². The van der Waals surface area contributed by atoms with Crippen LogP contribution in [0.4, 0.5) is 0 Å². The van der Waals surface area contributed by atoms with Gasteiger partial charge in [-0.2, -0.15) is 0 Å². The van der Waals surface area contributed by atoms with Gasteiger partial charge in [-0.15, -0.1) is 0 Å². The molecule has 2 heterocycles. The Morgan fingerprint density at radius 1 is 1.07 bits per heavy atom. The lowest BCUT2D eigenvalue weighted by atomic mass is 10.5. The van der Waals surface area contributed by atoms with E-state index in [1.54, 1.807) is 25.7 Å². The van der Waals surface area contributed by atoms with Gasteiger partial charge in [0.15, 0.2) is 5.75 Å². The first kappa shape index (κ1) is 11.7. The van der Waals surface area contributed by atoms with Gasteiger partial charge in [-0.1, -0.05) is 6.07 Å². The normalized spacial score (nSPS) is 8.67. The highest BCUT2D eigenvalue weighted by atomic mass is 79.9. The van der Waals surface area contributed by atoms with Gasteiger partial charge in [-0.3, -0.25) is 4.98 Å². The Labute approximate surface area is 97.3 Å². The molecule has 2 rings (SSSR count). The van der Waals surface area contributed by atoms with Gasteiger partial charge in [0, 0.05) is 18.6 Å². The minimum absolute atomic E-state index is 0.743. The molecule has 0 saturated heterocycles. The minimum atomic E-state index is 0.743. The summed E-state index contributed by atoms with van der Waals surface area (Å²) < 4.78 is 5.68. The largest absolute Gasteiger partial charge is 0.494 e. The predicted octanol–water partition coefficient (Wildman–Crippen LogP) is 2.93. The summed E-state index contributed by atoms with van der Waals surface area (Å²) in [5.74, 6) is 0.762. The summed E-state index contributed by atoms with van der Waals surface area (Å²) in [7, 11) is 1.61. The Kier molecular flexibility index (Phi) is 5.40. The number of rotatable bonds is 1. The first-order valence-corrected chi connectivity index (χ1v) is 5.13. The van der Waals surface area contributed by atoms with Gasteiger partial charge in [0.1, 0.15) is 4.60 Å². The Bertz CT molecular complexity index is 355. The summed E-state index contributed by atoms with van der Waals surface area (Å²) in [6.07, 6.45) is 5.20. The first-order valence-electron chi connectivity index (χ1n) is 4.34. The lowest BCUT2D eigenvalue weighted by molar-refractivity contribution is 0.410. The van der Waals surface area contributed by atoms with Gasteiger partial charge in [0.25, 0.3) is 0 Å². The highest BCUT2D eigenvalue weighted by Gasteiger charge is 1.94. The second-order valence-electron chi connectivity index (χ2n) is 2.52. The van der Waals surface area contributed by atoms with Crippen molar-refractivity contribution in [3.8, 4) is 5.75 Å². The van der Waals surface area contributed by atoms with E-state index >= 15 is 0 Å². The van der Waals surface area contributed by atoms with Gasteiger partial charge in [0.05, 0.1) is 7.11 Å². The van der Waals surface area contributed by atoms with E-state index in [9.17, 15) is 0 Å². The van der Waals surface area contributed by atoms with E-state index in [2.05, 4.69) is 25.9 Å². The van der Waals surface area contributed by atoms with E-state index in [1.165, 1.54) is 0 Å². The predicted molar refractivity (Wildman–Crippen MR) is 62.7 cm³/mol. The maximum absolute atomic E-state index is 4.94. The molecule has 0 aliphatic heterocycles. The number of nitrogens with zero attached hydrogens (tertiary/aromatic N) is 2. The second kappa shape index (κ2) is 6.95. The van der Waals surface area contributed by atoms with E-state index in [1.807, 2.05) is 30.3 Å². The number of pyridine rings is 2. The van der Waals surface area contributed by atoms with Crippen LogP contribution in [-0.4, -0.2) is 17.1 Å². The SMILES string of the molecule is COc1cccnc1Br.c1ccncc1. The highest BCUT2D eigenvalue weighted by molar-refractivity contribution is 9.10. The van der Waals surface area contributed by atoms with E-state index in [-0.39, 0.29) is 0 Å². The lowest BCUT2D eigenvalue weighted by Gasteiger charge is -1.98. The van der Waals surface area contributed by atoms with Crippen molar-refractivity contribution < 1.29 is 4.74 Å². The third kappa shape index (κ3) is 4.56. The van der Waals surface area contributed by atoms with Crippen molar-refractivity contribution in [3.63, 3.8) is 0 Å². The maximum atomic E-state index is 4.94. The molecule has 0 aliphatic carbocycles. The second-order valence-corrected chi connectivity index (χ2v) is 3.27. The molecule has 4 heteroatoms. The number of methoxy groups -OCH3 is 1. The zero-order valence-corrected chi connectivity index (χ0v) is 9.89. The van der Waals surface area contributed by atoms with Crippen LogP contribution >= 0.6 is 15.9 Å². The third-order valence-electron chi connectivity index (χ3n) is 1.51. The average molecular weight is 267 g/mol. The molecular formula is C11H11BrN2O. The van der Waals surface area contributed by atoms with Crippen LogP contribution in [0.25, 0.3) is 0 Å². The van der Waals surface area contributed by atoms with Crippen molar-refractivity contribution in [1.82, 2.24) is 9.97 Å². The molecule has 0 saturated carbocycles. The van der Waals surface area contributed by atoms with E-state index < -0.39 is 0 Å². The summed E-state index contributed by atoms with van der Waals surface area (Å²) in [4.78, 5) is 7.73. The van der Waals surface area contributed by atoms with Crippen molar-refractivity contribution in [2.45, 2.75) is 0 Å². The number of ether oxygens (including phenoxy) is 1. The van der Waals surface area contributed by atoms with Crippen molar-refractivity contribution in [2.24, 2.45) is 0 Å². The van der Waals surface area contributed by atoms with Crippen LogP contribution in [0.15, 0.2) is 53.5 Å². The van der Waals surface area contributed by atoms with Crippen LogP contribution in [0, 0.1) is 0 Å². The molecule has 15 heavy (non-hydrogen) atoms.